The van der Waals surface area contributed by atoms with Crippen molar-refractivity contribution in [2.24, 2.45) is 0 Å². The number of benzene rings is 2. The summed E-state index contributed by atoms with van der Waals surface area (Å²) in [5, 5.41) is 3.71. The van der Waals surface area contributed by atoms with Gasteiger partial charge in [0, 0.05) is 23.2 Å². The molecule has 0 aliphatic carbocycles. The third kappa shape index (κ3) is 4.56. The van der Waals surface area contributed by atoms with Gasteiger partial charge in [0.15, 0.2) is 6.10 Å². The van der Waals surface area contributed by atoms with E-state index in [1.165, 1.54) is 6.07 Å². The maximum atomic E-state index is 12.3. The lowest BCUT2D eigenvalue weighted by Gasteiger charge is -2.15. The minimum atomic E-state index is -0.700. The fraction of sp³-hybridized carbons (Fsp3) is 0.273. The van der Waals surface area contributed by atoms with Crippen molar-refractivity contribution in [1.82, 2.24) is 0 Å². The highest BCUT2D eigenvalue weighted by Gasteiger charge is 2.16. The van der Waals surface area contributed by atoms with E-state index in [4.69, 9.17) is 9.15 Å². The van der Waals surface area contributed by atoms with Crippen molar-refractivity contribution in [3.05, 3.63) is 70.1 Å². The molecule has 0 aliphatic heterocycles. The minimum absolute atomic E-state index is 0.250. The lowest BCUT2D eigenvalue weighted by molar-refractivity contribution is -0.122. The van der Waals surface area contributed by atoms with E-state index >= 15 is 0 Å². The molecule has 27 heavy (non-hydrogen) atoms. The topological polar surface area (TPSA) is 68.5 Å². The Morgan fingerprint density at radius 1 is 1.15 bits per heavy atom. The van der Waals surface area contributed by atoms with Crippen LogP contribution in [0.1, 0.15) is 31.4 Å². The van der Waals surface area contributed by atoms with Gasteiger partial charge in [-0.1, -0.05) is 31.0 Å². The van der Waals surface area contributed by atoms with Gasteiger partial charge in [-0.25, -0.2) is 4.79 Å². The SMILES string of the molecule is CCCc1cc(=O)oc2cc(OC(C)C(=O)Nc3ccc(C)cc3)ccc12. The van der Waals surface area contributed by atoms with Crippen LogP contribution in [0.3, 0.4) is 0 Å². The van der Waals surface area contributed by atoms with E-state index in [1.807, 2.05) is 37.3 Å². The summed E-state index contributed by atoms with van der Waals surface area (Å²) in [7, 11) is 0. The summed E-state index contributed by atoms with van der Waals surface area (Å²) in [5.74, 6) is 0.228. The van der Waals surface area contributed by atoms with E-state index in [1.54, 1.807) is 19.1 Å². The van der Waals surface area contributed by atoms with Crippen LogP contribution in [0.2, 0.25) is 0 Å². The normalized spacial score (nSPS) is 12.0. The summed E-state index contributed by atoms with van der Waals surface area (Å²) < 4.78 is 11.0. The number of carbonyl (C=O) groups excluding carboxylic acids is 1. The minimum Gasteiger partial charge on any atom is -0.481 e. The van der Waals surface area contributed by atoms with E-state index in [0.29, 0.717) is 11.3 Å². The number of ether oxygens (including phenoxy) is 1. The van der Waals surface area contributed by atoms with Crippen LogP contribution in [0.4, 0.5) is 5.69 Å². The molecule has 2 aromatic carbocycles. The van der Waals surface area contributed by atoms with Crippen LogP contribution < -0.4 is 15.7 Å². The molecule has 1 aromatic heterocycles. The first-order valence-corrected chi connectivity index (χ1v) is 9.07. The van der Waals surface area contributed by atoms with Crippen molar-refractivity contribution in [3.8, 4) is 5.75 Å². The second kappa shape index (κ2) is 8.08. The highest BCUT2D eigenvalue weighted by Crippen LogP contribution is 2.24. The molecule has 1 amide bonds. The van der Waals surface area contributed by atoms with Gasteiger partial charge >= 0.3 is 5.63 Å². The van der Waals surface area contributed by atoms with E-state index in [9.17, 15) is 9.59 Å². The van der Waals surface area contributed by atoms with Gasteiger partial charge in [-0.2, -0.15) is 0 Å². The van der Waals surface area contributed by atoms with Gasteiger partial charge in [-0.15, -0.1) is 0 Å². The third-order valence-corrected chi connectivity index (χ3v) is 4.32. The van der Waals surface area contributed by atoms with Crippen LogP contribution in [0.15, 0.2) is 57.7 Å². The monoisotopic (exact) mass is 365 g/mol. The molecule has 0 saturated carbocycles. The Bertz CT molecular complexity index is 1000. The van der Waals surface area contributed by atoms with Gasteiger partial charge < -0.3 is 14.5 Å². The average molecular weight is 365 g/mol. The quantitative estimate of drug-likeness (QED) is 0.655. The third-order valence-electron chi connectivity index (χ3n) is 4.32. The maximum Gasteiger partial charge on any atom is 0.336 e. The first-order valence-electron chi connectivity index (χ1n) is 9.07. The second-order valence-corrected chi connectivity index (χ2v) is 6.61. The molecule has 0 saturated heterocycles. The standard InChI is InChI=1S/C22H23NO4/c1-4-5-16-12-21(24)27-20-13-18(10-11-19(16)20)26-15(3)22(25)23-17-8-6-14(2)7-9-17/h6-13,15H,4-5H2,1-3H3,(H,23,25). The second-order valence-electron chi connectivity index (χ2n) is 6.61. The fourth-order valence-electron chi connectivity index (χ4n) is 2.90. The van der Waals surface area contributed by atoms with Crippen LogP contribution in [-0.2, 0) is 11.2 Å². The number of aryl methyl sites for hydroxylation is 2. The smallest absolute Gasteiger partial charge is 0.336 e. The number of rotatable bonds is 6. The Kier molecular flexibility index (Phi) is 5.60. The van der Waals surface area contributed by atoms with Crippen molar-refractivity contribution >= 4 is 22.6 Å². The Hall–Kier alpha value is -3.08. The largest absolute Gasteiger partial charge is 0.481 e. The van der Waals surface area contributed by atoms with E-state index in [2.05, 4.69) is 12.2 Å². The fourth-order valence-corrected chi connectivity index (χ4v) is 2.90. The number of hydrogen-bond donors (Lipinski definition) is 1. The molecule has 1 atom stereocenters. The molecule has 0 bridgehead atoms. The van der Waals surface area contributed by atoms with Crippen LogP contribution in [0.5, 0.6) is 5.75 Å². The molecule has 0 fully saturated rings. The molecule has 3 rings (SSSR count). The Balaban J connectivity index is 1.76. The molecule has 0 radical (unpaired) electrons. The molecule has 0 spiro atoms. The zero-order valence-electron chi connectivity index (χ0n) is 15.7. The van der Waals surface area contributed by atoms with Crippen molar-refractivity contribution in [2.75, 3.05) is 5.32 Å². The molecular weight excluding hydrogens is 342 g/mol. The molecule has 1 N–H and O–H groups in total. The molecular formula is C22H23NO4. The summed E-state index contributed by atoms with van der Waals surface area (Å²) in [4.78, 5) is 24.1. The van der Waals surface area contributed by atoms with Gasteiger partial charge in [-0.05, 0) is 50.1 Å². The van der Waals surface area contributed by atoms with Crippen LogP contribution in [-0.4, -0.2) is 12.0 Å². The highest BCUT2D eigenvalue weighted by atomic mass is 16.5. The predicted molar refractivity (Wildman–Crippen MR) is 106 cm³/mol. The first kappa shape index (κ1) is 18.7. The number of nitrogens with one attached hydrogen (secondary N) is 1. The lowest BCUT2D eigenvalue weighted by Crippen LogP contribution is -2.30. The molecule has 140 valence electrons. The van der Waals surface area contributed by atoms with Gasteiger partial charge in [0.2, 0.25) is 0 Å². The average Bonchev–Trinajstić information content (AvgIpc) is 2.63. The highest BCUT2D eigenvalue weighted by molar-refractivity contribution is 5.94. The Morgan fingerprint density at radius 3 is 2.59 bits per heavy atom. The zero-order chi connectivity index (χ0) is 19.4. The summed E-state index contributed by atoms with van der Waals surface area (Å²) >= 11 is 0. The maximum absolute atomic E-state index is 12.3. The molecule has 0 aliphatic rings. The van der Waals surface area contributed by atoms with Crippen molar-refractivity contribution in [2.45, 2.75) is 39.7 Å². The van der Waals surface area contributed by atoms with Gasteiger partial charge in [0.25, 0.3) is 5.91 Å². The summed E-state index contributed by atoms with van der Waals surface area (Å²) in [6.45, 7) is 5.73. The molecule has 3 aromatic rings. The van der Waals surface area contributed by atoms with Crippen molar-refractivity contribution in [3.63, 3.8) is 0 Å². The number of amides is 1. The molecule has 5 heteroatoms. The van der Waals surface area contributed by atoms with E-state index < -0.39 is 6.10 Å². The Labute approximate surface area is 158 Å². The van der Waals surface area contributed by atoms with Crippen LogP contribution in [0.25, 0.3) is 11.0 Å². The van der Waals surface area contributed by atoms with Gasteiger partial charge in [0.05, 0.1) is 0 Å². The molecule has 1 heterocycles. The van der Waals surface area contributed by atoms with E-state index in [-0.39, 0.29) is 11.5 Å². The lowest BCUT2D eigenvalue weighted by atomic mass is 10.1. The zero-order valence-corrected chi connectivity index (χ0v) is 15.7. The van der Waals surface area contributed by atoms with Crippen LogP contribution >= 0.6 is 0 Å². The number of hydrogen-bond acceptors (Lipinski definition) is 4. The van der Waals surface area contributed by atoms with Crippen molar-refractivity contribution < 1.29 is 13.9 Å². The summed E-state index contributed by atoms with van der Waals surface area (Å²) in [6.07, 6.45) is 1.04. The van der Waals surface area contributed by atoms with Crippen LogP contribution in [0, 0.1) is 6.92 Å². The van der Waals surface area contributed by atoms with Crippen molar-refractivity contribution in [1.29, 1.82) is 0 Å². The van der Waals surface area contributed by atoms with Gasteiger partial charge in [-0.3, -0.25) is 4.79 Å². The number of carbonyl (C=O) groups is 1. The first-order chi connectivity index (χ1) is 13.0. The predicted octanol–water partition coefficient (Wildman–Crippen LogP) is 4.46. The van der Waals surface area contributed by atoms with E-state index in [0.717, 1.165) is 35.0 Å². The summed E-state index contributed by atoms with van der Waals surface area (Å²) in [6, 6.07) is 14.4. The molecule has 1 unspecified atom stereocenters. The number of fused-ring (bicyclic) bond motifs is 1. The summed E-state index contributed by atoms with van der Waals surface area (Å²) in [5.41, 5.74) is 2.88. The molecule has 5 nitrogen and oxygen atoms in total. The Morgan fingerprint density at radius 2 is 1.89 bits per heavy atom. The number of anilines is 1. The van der Waals surface area contributed by atoms with Gasteiger partial charge in [0.1, 0.15) is 11.3 Å².